The van der Waals surface area contributed by atoms with Crippen molar-refractivity contribution in [1.82, 2.24) is 9.62 Å². The summed E-state index contributed by atoms with van der Waals surface area (Å²) in [6.45, 7) is 4.25. The molecule has 0 atom stereocenters. The van der Waals surface area contributed by atoms with Gasteiger partial charge >= 0.3 is 0 Å². The van der Waals surface area contributed by atoms with Crippen LogP contribution in [0.15, 0.2) is 41.8 Å². The maximum absolute atomic E-state index is 12.3. The minimum Gasteiger partial charge on any atom is -0.395 e. The first kappa shape index (κ1) is 15.8. The van der Waals surface area contributed by atoms with E-state index in [1.54, 1.807) is 24.3 Å². The third-order valence-electron chi connectivity index (χ3n) is 2.62. The minimum absolute atomic E-state index is 0.0621. The van der Waals surface area contributed by atoms with Crippen LogP contribution in [0.3, 0.4) is 0 Å². The maximum atomic E-state index is 12.3. The first-order valence-corrected chi connectivity index (χ1v) is 7.45. The van der Waals surface area contributed by atoms with E-state index in [1.807, 2.05) is 7.05 Å². The van der Waals surface area contributed by atoms with Gasteiger partial charge in [-0.05, 0) is 24.7 Å². The number of benzene rings is 1. The quantitative estimate of drug-likeness (QED) is 0.685. The van der Waals surface area contributed by atoms with Gasteiger partial charge in [0, 0.05) is 19.6 Å². The number of aliphatic hydroxyl groups is 1. The topological polar surface area (TPSA) is 69.6 Å². The van der Waals surface area contributed by atoms with Crippen LogP contribution in [0.1, 0.15) is 5.56 Å². The van der Waals surface area contributed by atoms with Crippen LogP contribution in [0.5, 0.6) is 0 Å². The number of hydrogen-bond acceptors (Lipinski definition) is 4. The standard InChI is InChI=1S/C13H20N2O3S/c1-3-8-15(9-10-16)19(17,18)13-6-4-12(5-7-13)11-14-2/h3-7,14,16H,1,8-11H2,2H3. The van der Waals surface area contributed by atoms with Gasteiger partial charge < -0.3 is 10.4 Å². The van der Waals surface area contributed by atoms with Crippen molar-refractivity contribution in [2.24, 2.45) is 0 Å². The summed E-state index contributed by atoms with van der Waals surface area (Å²) in [6.07, 6.45) is 1.50. The lowest BCUT2D eigenvalue weighted by Crippen LogP contribution is -2.33. The van der Waals surface area contributed by atoms with Crippen LogP contribution in [-0.2, 0) is 16.6 Å². The highest BCUT2D eigenvalue weighted by Crippen LogP contribution is 2.16. The third-order valence-corrected chi connectivity index (χ3v) is 4.50. The van der Waals surface area contributed by atoms with E-state index in [2.05, 4.69) is 11.9 Å². The lowest BCUT2D eigenvalue weighted by atomic mass is 10.2. The van der Waals surface area contributed by atoms with E-state index < -0.39 is 10.0 Å². The van der Waals surface area contributed by atoms with E-state index >= 15 is 0 Å². The molecule has 0 saturated heterocycles. The Balaban J connectivity index is 3.00. The summed E-state index contributed by atoms with van der Waals surface area (Å²) in [6, 6.07) is 6.70. The lowest BCUT2D eigenvalue weighted by molar-refractivity contribution is 0.260. The summed E-state index contributed by atoms with van der Waals surface area (Å²) >= 11 is 0. The van der Waals surface area contributed by atoms with Gasteiger partial charge in [0.15, 0.2) is 0 Å². The van der Waals surface area contributed by atoms with Crippen LogP contribution in [0.25, 0.3) is 0 Å². The summed E-state index contributed by atoms with van der Waals surface area (Å²) in [5, 5.41) is 11.9. The Morgan fingerprint density at radius 1 is 1.37 bits per heavy atom. The molecule has 2 N–H and O–H groups in total. The van der Waals surface area contributed by atoms with Gasteiger partial charge in [-0.1, -0.05) is 18.2 Å². The van der Waals surface area contributed by atoms with Gasteiger partial charge in [-0.2, -0.15) is 4.31 Å². The molecule has 5 nitrogen and oxygen atoms in total. The monoisotopic (exact) mass is 284 g/mol. The summed E-state index contributed by atoms with van der Waals surface area (Å²) in [7, 11) is -1.74. The molecule has 0 amide bonds. The predicted molar refractivity (Wildman–Crippen MR) is 75.2 cm³/mol. The molecule has 106 valence electrons. The SMILES string of the molecule is C=CCN(CCO)S(=O)(=O)c1ccc(CNC)cc1. The second kappa shape index (κ2) is 7.40. The molecule has 6 heteroatoms. The van der Waals surface area contributed by atoms with E-state index in [0.29, 0.717) is 6.54 Å². The Bertz CT molecular complexity index is 497. The van der Waals surface area contributed by atoms with Gasteiger partial charge in [-0.15, -0.1) is 6.58 Å². The second-order valence-electron chi connectivity index (χ2n) is 4.05. The van der Waals surface area contributed by atoms with Gasteiger partial charge in [0.05, 0.1) is 11.5 Å². The van der Waals surface area contributed by atoms with Crippen LogP contribution < -0.4 is 5.32 Å². The van der Waals surface area contributed by atoms with Gasteiger partial charge in [0.1, 0.15) is 0 Å². The normalized spacial score (nSPS) is 11.7. The van der Waals surface area contributed by atoms with Crippen LogP contribution in [0, 0.1) is 0 Å². The summed E-state index contributed by atoms with van der Waals surface area (Å²) in [5.74, 6) is 0. The molecule has 1 aromatic rings. The van der Waals surface area contributed by atoms with Gasteiger partial charge in [0.2, 0.25) is 10.0 Å². The van der Waals surface area contributed by atoms with Crippen LogP contribution in [0.2, 0.25) is 0 Å². The number of sulfonamides is 1. The molecule has 0 aliphatic heterocycles. The summed E-state index contributed by atoms with van der Waals surface area (Å²) < 4.78 is 25.9. The molecular weight excluding hydrogens is 264 g/mol. The van der Waals surface area contributed by atoms with Crippen molar-refractivity contribution in [2.75, 3.05) is 26.7 Å². The fraction of sp³-hybridized carbons (Fsp3) is 0.385. The zero-order chi connectivity index (χ0) is 14.3. The predicted octanol–water partition coefficient (Wildman–Crippen LogP) is 0.575. The van der Waals surface area contributed by atoms with E-state index in [1.165, 1.54) is 10.4 Å². The van der Waals surface area contributed by atoms with Crippen molar-refractivity contribution in [3.05, 3.63) is 42.5 Å². The Morgan fingerprint density at radius 2 is 2.00 bits per heavy atom. The molecule has 0 fully saturated rings. The smallest absolute Gasteiger partial charge is 0.243 e. The molecule has 0 bridgehead atoms. The fourth-order valence-electron chi connectivity index (χ4n) is 1.70. The minimum atomic E-state index is -3.58. The fourth-order valence-corrected chi connectivity index (χ4v) is 3.10. The highest BCUT2D eigenvalue weighted by atomic mass is 32.2. The maximum Gasteiger partial charge on any atom is 0.243 e. The molecule has 0 unspecified atom stereocenters. The average molecular weight is 284 g/mol. The molecule has 0 aliphatic rings. The Labute approximate surface area is 114 Å². The number of aliphatic hydroxyl groups excluding tert-OH is 1. The van der Waals surface area contributed by atoms with E-state index in [9.17, 15) is 8.42 Å². The molecule has 0 aromatic heterocycles. The molecule has 1 aromatic carbocycles. The third kappa shape index (κ3) is 4.14. The van der Waals surface area contributed by atoms with Crippen molar-refractivity contribution in [2.45, 2.75) is 11.4 Å². The molecule has 1 rings (SSSR count). The van der Waals surface area contributed by atoms with Gasteiger partial charge in [-0.25, -0.2) is 8.42 Å². The van der Waals surface area contributed by atoms with Gasteiger partial charge in [0.25, 0.3) is 0 Å². The molecule has 0 aliphatic carbocycles. The van der Waals surface area contributed by atoms with Crippen molar-refractivity contribution >= 4 is 10.0 Å². The first-order chi connectivity index (χ1) is 9.06. The Hall–Kier alpha value is -1.21. The zero-order valence-electron chi connectivity index (χ0n) is 11.0. The average Bonchev–Trinajstić information content (AvgIpc) is 2.39. The Kier molecular flexibility index (Phi) is 6.17. The van der Waals surface area contributed by atoms with Crippen LogP contribution >= 0.6 is 0 Å². The van der Waals surface area contributed by atoms with Crippen molar-refractivity contribution in [3.8, 4) is 0 Å². The molecule has 19 heavy (non-hydrogen) atoms. The van der Waals surface area contributed by atoms with Gasteiger partial charge in [-0.3, -0.25) is 0 Å². The molecular formula is C13H20N2O3S. The zero-order valence-corrected chi connectivity index (χ0v) is 11.9. The molecule has 0 spiro atoms. The highest BCUT2D eigenvalue weighted by molar-refractivity contribution is 7.89. The Morgan fingerprint density at radius 3 is 2.47 bits per heavy atom. The molecule has 0 saturated carbocycles. The first-order valence-electron chi connectivity index (χ1n) is 6.01. The van der Waals surface area contributed by atoms with Crippen molar-refractivity contribution < 1.29 is 13.5 Å². The lowest BCUT2D eigenvalue weighted by Gasteiger charge is -2.19. The summed E-state index contributed by atoms with van der Waals surface area (Å²) in [5.41, 5.74) is 1.01. The molecule has 0 radical (unpaired) electrons. The van der Waals surface area contributed by atoms with Crippen LogP contribution in [-0.4, -0.2) is 44.6 Å². The second-order valence-corrected chi connectivity index (χ2v) is 5.99. The molecule has 0 heterocycles. The summed E-state index contributed by atoms with van der Waals surface area (Å²) in [4.78, 5) is 0.225. The van der Waals surface area contributed by atoms with E-state index in [4.69, 9.17) is 5.11 Å². The number of hydrogen-bond donors (Lipinski definition) is 2. The highest BCUT2D eigenvalue weighted by Gasteiger charge is 2.22. The number of rotatable bonds is 8. The van der Waals surface area contributed by atoms with Crippen molar-refractivity contribution in [3.63, 3.8) is 0 Å². The van der Waals surface area contributed by atoms with Crippen molar-refractivity contribution in [1.29, 1.82) is 0 Å². The van der Waals surface area contributed by atoms with E-state index in [-0.39, 0.29) is 24.6 Å². The number of nitrogens with zero attached hydrogens (tertiary/aromatic N) is 1. The largest absolute Gasteiger partial charge is 0.395 e. The van der Waals surface area contributed by atoms with E-state index in [0.717, 1.165) is 5.56 Å². The van der Waals surface area contributed by atoms with Crippen LogP contribution in [0.4, 0.5) is 0 Å². The number of nitrogens with one attached hydrogen (secondary N) is 1.